The molecule has 0 spiro atoms. The molecule has 2 aliphatic rings. The molecular formula is C18H25N5O4S. The Kier molecular flexibility index (Phi) is 5.35. The van der Waals surface area contributed by atoms with E-state index in [1.807, 2.05) is 0 Å². The number of pyridine rings is 1. The van der Waals surface area contributed by atoms with Gasteiger partial charge in [0.05, 0.1) is 13.2 Å². The van der Waals surface area contributed by atoms with Crippen molar-refractivity contribution in [2.45, 2.75) is 49.1 Å². The quantitative estimate of drug-likeness (QED) is 0.679. The van der Waals surface area contributed by atoms with Crippen molar-refractivity contribution in [3.05, 3.63) is 40.8 Å². The van der Waals surface area contributed by atoms with Crippen LogP contribution in [0, 0.1) is 0 Å². The van der Waals surface area contributed by atoms with E-state index in [4.69, 9.17) is 4.74 Å². The van der Waals surface area contributed by atoms with E-state index in [0.717, 1.165) is 25.7 Å². The van der Waals surface area contributed by atoms with Crippen molar-refractivity contribution >= 4 is 10.0 Å². The zero-order valence-electron chi connectivity index (χ0n) is 15.9. The second kappa shape index (κ2) is 7.76. The van der Waals surface area contributed by atoms with Crippen molar-refractivity contribution in [1.82, 2.24) is 23.6 Å². The third-order valence-electron chi connectivity index (χ3n) is 5.34. The summed E-state index contributed by atoms with van der Waals surface area (Å²) >= 11 is 0. The van der Waals surface area contributed by atoms with E-state index in [1.165, 1.54) is 15.2 Å². The Morgan fingerprint density at radius 1 is 1.29 bits per heavy atom. The second-order valence-electron chi connectivity index (χ2n) is 7.35. The van der Waals surface area contributed by atoms with Crippen molar-refractivity contribution in [3.8, 4) is 0 Å². The van der Waals surface area contributed by atoms with Crippen LogP contribution in [0.5, 0.6) is 0 Å². The van der Waals surface area contributed by atoms with E-state index in [-0.39, 0.29) is 22.5 Å². The standard InChI is InChI=1S/C18H25N5O4S/c1-27-11-10-22-18(24)23(15-6-7-15)17(20-22)14-4-3-9-21(13-14)28(25,26)16-5-2-8-19-12-16/h2,5,8,12,14-15H,3-4,6-7,9-11,13H2,1H3. The maximum absolute atomic E-state index is 13.0. The van der Waals surface area contributed by atoms with Gasteiger partial charge in [0.2, 0.25) is 10.0 Å². The summed E-state index contributed by atoms with van der Waals surface area (Å²) < 4.78 is 35.8. The van der Waals surface area contributed by atoms with Gasteiger partial charge in [0.15, 0.2) is 0 Å². The predicted octanol–water partition coefficient (Wildman–Crippen LogP) is 0.989. The summed E-state index contributed by atoms with van der Waals surface area (Å²) in [5.74, 6) is 0.604. The number of aromatic nitrogens is 4. The molecule has 4 rings (SSSR count). The first kappa shape index (κ1) is 19.3. The van der Waals surface area contributed by atoms with Gasteiger partial charge in [-0.25, -0.2) is 17.9 Å². The lowest BCUT2D eigenvalue weighted by Crippen LogP contribution is -2.40. The van der Waals surface area contributed by atoms with Crippen LogP contribution in [0.4, 0.5) is 0 Å². The zero-order chi connectivity index (χ0) is 19.7. The molecule has 28 heavy (non-hydrogen) atoms. The van der Waals surface area contributed by atoms with E-state index < -0.39 is 10.0 Å². The summed E-state index contributed by atoms with van der Waals surface area (Å²) in [6.07, 6.45) is 6.40. The number of methoxy groups -OCH3 is 1. The Morgan fingerprint density at radius 2 is 2.11 bits per heavy atom. The van der Waals surface area contributed by atoms with Crippen molar-refractivity contribution in [3.63, 3.8) is 0 Å². The highest BCUT2D eigenvalue weighted by molar-refractivity contribution is 7.89. The molecule has 0 bridgehead atoms. The largest absolute Gasteiger partial charge is 0.383 e. The van der Waals surface area contributed by atoms with Crippen molar-refractivity contribution in [1.29, 1.82) is 0 Å². The summed E-state index contributed by atoms with van der Waals surface area (Å²) in [5.41, 5.74) is -0.123. The molecule has 0 radical (unpaired) electrons. The summed E-state index contributed by atoms with van der Waals surface area (Å²) in [4.78, 5) is 16.9. The zero-order valence-corrected chi connectivity index (χ0v) is 16.7. The van der Waals surface area contributed by atoms with Crippen molar-refractivity contribution in [2.75, 3.05) is 26.8 Å². The molecule has 1 saturated carbocycles. The molecule has 1 aliphatic carbocycles. The lowest BCUT2D eigenvalue weighted by molar-refractivity contribution is 0.182. The molecule has 0 amide bonds. The van der Waals surface area contributed by atoms with Gasteiger partial charge in [-0.1, -0.05) is 0 Å². The van der Waals surface area contributed by atoms with Crippen LogP contribution < -0.4 is 5.69 Å². The van der Waals surface area contributed by atoms with Crippen LogP contribution >= 0.6 is 0 Å². The van der Waals surface area contributed by atoms with Crippen LogP contribution in [0.1, 0.15) is 43.5 Å². The SMILES string of the molecule is COCCn1nc(C2CCCN(S(=O)(=O)c3cccnc3)C2)n(C2CC2)c1=O. The van der Waals surface area contributed by atoms with Gasteiger partial charge in [-0.05, 0) is 37.8 Å². The highest BCUT2D eigenvalue weighted by Gasteiger charge is 2.37. The molecule has 1 aliphatic heterocycles. The molecular weight excluding hydrogens is 382 g/mol. The fourth-order valence-electron chi connectivity index (χ4n) is 3.73. The average molecular weight is 407 g/mol. The van der Waals surface area contributed by atoms with Crippen LogP contribution in [0.25, 0.3) is 0 Å². The monoisotopic (exact) mass is 407 g/mol. The van der Waals surface area contributed by atoms with Crippen LogP contribution in [0.3, 0.4) is 0 Å². The Balaban J connectivity index is 1.62. The van der Waals surface area contributed by atoms with E-state index >= 15 is 0 Å². The van der Waals surface area contributed by atoms with Gasteiger partial charge in [-0.15, -0.1) is 0 Å². The number of hydrogen-bond acceptors (Lipinski definition) is 6. The number of ether oxygens (including phenoxy) is 1. The van der Waals surface area contributed by atoms with Crippen molar-refractivity contribution < 1.29 is 13.2 Å². The molecule has 152 valence electrons. The fourth-order valence-corrected chi connectivity index (χ4v) is 5.22. The second-order valence-corrected chi connectivity index (χ2v) is 9.29. The highest BCUT2D eigenvalue weighted by Crippen LogP contribution is 2.37. The first-order valence-corrected chi connectivity index (χ1v) is 11.0. The van der Waals surface area contributed by atoms with Crippen molar-refractivity contribution in [2.24, 2.45) is 0 Å². The first-order valence-electron chi connectivity index (χ1n) is 9.60. The summed E-state index contributed by atoms with van der Waals surface area (Å²) in [7, 11) is -2.02. The molecule has 10 heteroatoms. The molecule has 1 saturated heterocycles. The lowest BCUT2D eigenvalue weighted by atomic mass is 9.99. The van der Waals surface area contributed by atoms with Gasteiger partial charge in [-0.3, -0.25) is 9.55 Å². The van der Waals surface area contributed by atoms with Crippen LogP contribution in [-0.4, -0.2) is 58.9 Å². The van der Waals surface area contributed by atoms with E-state index in [1.54, 1.807) is 30.0 Å². The summed E-state index contributed by atoms with van der Waals surface area (Å²) in [5, 5.41) is 4.57. The molecule has 2 aromatic heterocycles. The Labute approximate surface area is 164 Å². The third-order valence-corrected chi connectivity index (χ3v) is 7.19. The van der Waals surface area contributed by atoms with Gasteiger partial charge in [0.25, 0.3) is 0 Å². The van der Waals surface area contributed by atoms with Crippen LogP contribution in [-0.2, 0) is 21.3 Å². The summed E-state index contributed by atoms with van der Waals surface area (Å²) in [6, 6.07) is 3.37. The minimum atomic E-state index is -3.61. The molecule has 1 unspecified atom stereocenters. The maximum atomic E-state index is 13.0. The maximum Gasteiger partial charge on any atom is 0.346 e. The summed E-state index contributed by atoms with van der Waals surface area (Å²) in [6.45, 7) is 1.59. The van der Waals surface area contributed by atoms with Gasteiger partial charge in [0.1, 0.15) is 10.7 Å². The van der Waals surface area contributed by atoms with E-state index in [9.17, 15) is 13.2 Å². The minimum absolute atomic E-state index is 0.0997. The number of piperidine rings is 1. The number of nitrogens with zero attached hydrogens (tertiary/aromatic N) is 5. The van der Waals surface area contributed by atoms with Gasteiger partial charge in [-0.2, -0.15) is 9.40 Å². The van der Waals surface area contributed by atoms with E-state index in [0.29, 0.717) is 32.1 Å². The Morgan fingerprint density at radius 3 is 2.79 bits per heavy atom. The number of hydrogen-bond donors (Lipinski definition) is 0. The minimum Gasteiger partial charge on any atom is -0.383 e. The topological polar surface area (TPSA) is 99.3 Å². The highest BCUT2D eigenvalue weighted by atomic mass is 32.2. The van der Waals surface area contributed by atoms with Crippen LogP contribution in [0.15, 0.2) is 34.2 Å². The lowest BCUT2D eigenvalue weighted by Gasteiger charge is -2.31. The van der Waals surface area contributed by atoms with E-state index in [2.05, 4.69) is 10.1 Å². The fraction of sp³-hybridized carbons (Fsp3) is 0.611. The molecule has 0 N–H and O–H groups in total. The molecule has 9 nitrogen and oxygen atoms in total. The van der Waals surface area contributed by atoms with Crippen LogP contribution in [0.2, 0.25) is 0 Å². The van der Waals surface area contributed by atoms with Gasteiger partial charge in [0, 0.05) is 44.6 Å². The molecule has 2 aromatic rings. The number of rotatable bonds is 7. The molecule has 1 atom stereocenters. The predicted molar refractivity (Wildman–Crippen MR) is 102 cm³/mol. The normalized spacial score (nSPS) is 21.1. The average Bonchev–Trinajstić information content (AvgIpc) is 3.50. The number of sulfonamides is 1. The molecule has 0 aromatic carbocycles. The smallest absolute Gasteiger partial charge is 0.346 e. The molecule has 2 fully saturated rings. The third kappa shape index (κ3) is 3.63. The Bertz CT molecular complexity index is 981. The van der Waals surface area contributed by atoms with Gasteiger partial charge >= 0.3 is 5.69 Å². The Hall–Kier alpha value is -2.04. The van der Waals surface area contributed by atoms with Gasteiger partial charge < -0.3 is 4.74 Å². The first-order chi connectivity index (χ1) is 13.5. The molecule has 3 heterocycles.